The highest BCUT2D eigenvalue weighted by Gasteiger charge is 2.13. The van der Waals surface area contributed by atoms with Gasteiger partial charge < -0.3 is 10.5 Å². The maximum atomic E-state index is 6.03. The standard InChI is InChI=1S/C16H26BrNO/c1-3-5-6-13(4-2)12-19-16(11-18)14-7-9-15(17)10-8-14/h7-10,13,16H,3-6,11-12,18H2,1-2H3. The summed E-state index contributed by atoms with van der Waals surface area (Å²) >= 11 is 3.45. The molecule has 19 heavy (non-hydrogen) atoms. The SMILES string of the molecule is CCCCC(CC)COC(CN)c1ccc(Br)cc1. The maximum Gasteiger partial charge on any atom is 0.0947 e. The van der Waals surface area contributed by atoms with Crippen LogP contribution in [0.25, 0.3) is 0 Å². The van der Waals surface area contributed by atoms with Crippen molar-refractivity contribution >= 4 is 15.9 Å². The van der Waals surface area contributed by atoms with E-state index in [4.69, 9.17) is 10.5 Å². The zero-order valence-corrected chi connectivity index (χ0v) is 13.7. The summed E-state index contributed by atoms with van der Waals surface area (Å²) in [6.45, 7) is 5.82. The first-order valence-corrected chi connectivity index (χ1v) is 8.07. The van der Waals surface area contributed by atoms with Gasteiger partial charge in [0.2, 0.25) is 0 Å². The summed E-state index contributed by atoms with van der Waals surface area (Å²) in [5.74, 6) is 0.657. The number of halogens is 1. The van der Waals surface area contributed by atoms with Gasteiger partial charge in [-0.3, -0.25) is 0 Å². The molecule has 0 fully saturated rings. The molecule has 0 bridgehead atoms. The van der Waals surface area contributed by atoms with Crippen molar-refractivity contribution in [3.05, 3.63) is 34.3 Å². The second-order valence-corrected chi connectivity index (χ2v) is 5.94. The third-order valence-electron chi connectivity index (χ3n) is 3.53. The Kier molecular flexibility index (Phi) is 8.35. The van der Waals surface area contributed by atoms with Crippen LogP contribution < -0.4 is 5.73 Å². The van der Waals surface area contributed by atoms with Gasteiger partial charge in [-0.05, 0) is 30.0 Å². The van der Waals surface area contributed by atoms with E-state index in [0.29, 0.717) is 12.5 Å². The van der Waals surface area contributed by atoms with Gasteiger partial charge in [0.15, 0.2) is 0 Å². The molecule has 3 heteroatoms. The molecule has 0 radical (unpaired) electrons. The van der Waals surface area contributed by atoms with E-state index in [9.17, 15) is 0 Å². The molecule has 0 aliphatic heterocycles. The predicted molar refractivity (Wildman–Crippen MR) is 85.2 cm³/mol. The third-order valence-corrected chi connectivity index (χ3v) is 4.06. The molecule has 108 valence electrons. The number of hydrogen-bond acceptors (Lipinski definition) is 2. The Morgan fingerprint density at radius 2 is 1.89 bits per heavy atom. The third kappa shape index (κ3) is 6.07. The van der Waals surface area contributed by atoms with E-state index < -0.39 is 0 Å². The lowest BCUT2D eigenvalue weighted by Gasteiger charge is -2.21. The summed E-state index contributed by atoms with van der Waals surface area (Å²) in [6.07, 6.45) is 4.99. The number of benzene rings is 1. The Bertz CT molecular complexity index is 339. The van der Waals surface area contributed by atoms with Gasteiger partial charge in [0.05, 0.1) is 12.7 Å². The first-order chi connectivity index (χ1) is 9.21. The van der Waals surface area contributed by atoms with Crippen molar-refractivity contribution in [3.63, 3.8) is 0 Å². The second kappa shape index (κ2) is 9.51. The van der Waals surface area contributed by atoms with Crippen LogP contribution in [0.2, 0.25) is 0 Å². The fourth-order valence-corrected chi connectivity index (χ4v) is 2.39. The zero-order chi connectivity index (χ0) is 14.1. The highest BCUT2D eigenvalue weighted by molar-refractivity contribution is 9.10. The van der Waals surface area contributed by atoms with E-state index in [0.717, 1.165) is 16.6 Å². The number of unbranched alkanes of at least 4 members (excludes halogenated alkanes) is 1. The fraction of sp³-hybridized carbons (Fsp3) is 0.625. The van der Waals surface area contributed by atoms with Gasteiger partial charge in [-0.15, -0.1) is 0 Å². The number of rotatable bonds is 9. The van der Waals surface area contributed by atoms with Crippen LogP contribution in [0.15, 0.2) is 28.7 Å². The van der Waals surface area contributed by atoms with Crippen molar-refractivity contribution in [1.82, 2.24) is 0 Å². The summed E-state index contributed by atoms with van der Waals surface area (Å²) in [6, 6.07) is 8.23. The van der Waals surface area contributed by atoms with Gasteiger partial charge in [0, 0.05) is 11.0 Å². The maximum absolute atomic E-state index is 6.03. The van der Waals surface area contributed by atoms with Crippen molar-refractivity contribution in [1.29, 1.82) is 0 Å². The molecule has 1 aromatic rings. The minimum absolute atomic E-state index is 0.0174. The van der Waals surface area contributed by atoms with Crippen LogP contribution in [0, 0.1) is 5.92 Å². The molecule has 1 rings (SSSR count). The molecule has 0 spiro atoms. The van der Waals surface area contributed by atoms with Crippen molar-refractivity contribution in [2.45, 2.75) is 45.6 Å². The smallest absolute Gasteiger partial charge is 0.0947 e. The molecule has 1 aromatic carbocycles. The lowest BCUT2D eigenvalue weighted by atomic mass is 10.0. The summed E-state index contributed by atoms with van der Waals surface area (Å²) in [5.41, 5.74) is 7.00. The van der Waals surface area contributed by atoms with Crippen LogP contribution in [0.1, 0.15) is 51.2 Å². The molecule has 0 heterocycles. The van der Waals surface area contributed by atoms with Crippen molar-refractivity contribution in [2.24, 2.45) is 11.7 Å². The fourth-order valence-electron chi connectivity index (χ4n) is 2.13. The van der Waals surface area contributed by atoms with Crippen molar-refractivity contribution in [3.8, 4) is 0 Å². The Labute approximate surface area is 125 Å². The van der Waals surface area contributed by atoms with Gasteiger partial charge in [-0.2, -0.15) is 0 Å². The summed E-state index contributed by atoms with van der Waals surface area (Å²) in [5, 5.41) is 0. The lowest BCUT2D eigenvalue weighted by molar-refractivity contribution is 0.0299. The first kappa shape index (κ1) is 16.7. The molecule has 2 atom stereocenters. The van der Waals surface area contributed by atoms with Crippen LogP contribution in [-0.4, -0.2) is 13.2 Å². The molecule has 0 saturated heterocycles. The minimum atomic E-state index is 0.0174. The van der Waals surface area contributed by atoms with E-state index in [2.05, 4.69) is 41.9 Å². The molecular formula is C16H26BrNO. The van der Waals surface area contributed by atoms with Crippen LogP contribution in [0.4, 0.5) is 0 Å². The number of nitrogens with two attached hydrogens (primary N) is 1. The zero-order valence-electron chi connectivity index (χ0n) is 12.1. The van der Waals surface area contributed by atoms with Crippen LogP contribution in [-0.2, 0) is 4.74 Å². The van der Waals surface area contributed by atoms with Crippen LogP contribution in [0.3, 0.4) is 0 Å². The highest BCUT2D eigenvalue weighted by Crippen LogP contribution is 2.22. The van der Waals surface area contributed by atoms with Gasteiger partial charge in [-0.1, -0.05) is 61.2 Å². The van der Waals surface area contributed by atoms with Gasteiger partial charge in [0.1, 0.15) is 0 Å². The largest absolute Gasteiger partial charge is 0.372 e. The topological polar surface area (TPSA) is 35.2 Å². The van der Waals surface area contributed by atoms with Crippen molar-refractivity contribution in [2.75, 3.05) is 13.2 Å². The molecule has 0 aliphatic carbocycles. The Morgan fingerprint density at radius 3 is 2.42 bits per heavy atom. The second-order valence-electron chi connectivity index (χ2n) is 5.03. The van der Waals surface area contributed by atoms with Gasteiger partial charge >= 0.3 is 0 Å². The van der Waals surface area contributed by atoms with E-state index in [1.165, 1.54) is 25.7 Å². The first-order valence-electron chi connectivity index (χ1n) is 7.28. The molecule has 2 N–H and O–H groups in total. The van der Waals surface area contributed by atoms with Gasteiger partial charge in [0.25, 0.3) is 0 Å². The minimum Gasteiger partial charge on any atom is -0.372 e. The van der Waals surface area contributed by atoms with E-state index >= 15 is 0 Å². The summed E-state index contributed by atoms with van der Waals surface area (Å²) < 4.78 is 7.11. The van der Waals surface area contributed by atoms with Crippen LogP contribution in [0.5, 0.6) is 0 Å². The monoisotopic (exact) mass is 327 g/mol. The Balaban J connectivity index is 2.49. The molecular weight excluding hydrogens is 302 g/mol. The average molecular weight is 328 g/mol. The van der Waals surface area contributed by atoms with Gasteiger partial charge in [-0.25, -0.2) is 0 Å². The number of hydrogen-bond donors (Lipinski definition) is 1. The summed E-state index contributed by atoms with van der Waals surface area (Å²) in [7, 11) is 0. The molecule has 2 unspecified atom stereocenters. The Morgan fingerprint density at radius 1 is 1.21 bits per heavy atom. The lowest BCUT2D eigenvalue weighted by Crippen LogP contribution is -2.19. The van der Waals surface area contributed by atoms with E-state index in [1.54, 1.807) is 0 Å². The van der Waals surface area contributed by atoms with Crippen LogP contribution >= 0.6 is 15.9 Å². The molecule has 0 aliphatic rings. The normalized spacial score (nSPS) is 14.3. The van der Waals surface area contributed by atoms with E-state index in [-0.39, 0.29) is 6.10 Å². The molecule has 0 saturated carbocycles. The predicted octanol–water partition coefficient (Wildman–Crippen LogP) is 4.68. The molecule has 0 aromatic heterocycles. The quantitative estimate of drug-likeness (QED) is 0.714. The highest BCUT2D eigenvalue weighted by atomic mass is 79.9. The van der Waals surface area contributed by atoms with E-state index in [1.807, 2.05) is 12.1 Å². The van der Waals surface area contributed by atoms with Crippen molar-refractivity contribution < 1.29 is 4.74 Å². The average Bonchev–Trinajstić information content (AvgIpc) is 2.44. The summed E-state index contributed by atoms with van der Waals surface area (Å²) in [4.78, 5) is 0. The molecule has 0 amide bonds. The number of ether oxygens (including phenoxy) is 1. The molecule has 2 nitrogen and oxygen atoms in total. The Hall–Kier alpha value is -0.380.